The molecular formula is C17H21NOS. The molecule has 0 amide bonds. The third kappa shape index (κ3) is 4.10. The van der Waals surface area contributed by atoms with Gasteiger partial charge in [-0.15, -0.1) is 0 Å². The molecule has 2 aromatic rings. The summed E-state index contributed by atoms with van der Waals surface area (Å²) in [7, 11) is 0. The molecule has 2 rings (SSSR count). The van der Waals surface area contributed by atoms with Crippen LogP contribution in [0.25, 0.3) is 0 Å². The highest BCUT2D eigenvalue weighted by Crippen LogP contribution is 2.38. The highest BCUT2D eigenvalue weighted by Gasteiger charge is 2.21. The van der Waals surface area contributed by atoms with Gasteiger partial charge in [-0.3, -0.25) is 0 Å². The van der Waals surface area contributed by atoms with E-state index in [-0.39, 0.29) is 17.9 Å². The summed E-state index contributed by atoms with van der Waals surface area (Å²) >= 11 is 1.82. The standard InChI is InChI=1S/C17H21NOS/c18-16(14-8-3-1-4-9-14)17(20-13-7-12-19)15-10-5-2-6-11-15/h1-6,8-11,16-17,19H,7,12-13,18H2. The minimum Gasteiger partial charge on any atom is -0.396 e. The fourth-order valence-electron chi connectivity index (χ4n) is 2.17. The molecule has 0 aliphatic heterocycles. The van der Waals surface area contributed by atoms with Gasteiger partial charge in [0.15, 0.2) is 0 Å². The first-order chi connectivity index (χ1) is 9.83. The fourth-order valence-corrected chi connectivity index (χ4v) is 3.44. The predicted octanol–water partition coefficient (Wildman–Crippen LogP) is 3.54. The average molecular weight is 287 g/mol. The molecule has 2 atom stereocenters. The Morgan fingerprint density at radius 3 is 2.00 bits per heavy atom. The third-order valence-corrected chi connectivity index (χ3v) is 4.69. The lowest BCUT2D eigenvalue weighted by Crippen LogP contribution is -2.18. The van der Waals surface area contributed by atoms with E-state index in [1.54, 1.807) is 0 Å². The smallest absolute Gasteiger partial charge is 0.0490 e. The lowest BCUT2D eigenvalue weighted by Gasteiger charge is -2.24. The quantitative estimate of drug-likeness (QED) is 0.766. The van der Waals surface area contributed by atoms with E-state index in [1.165, 1.54) is 5.56 Å². The van der Waals surface area contributed by atoms with Crippen molar-refractivity contribution in [1.82, 2.24) is 0 Å². The van der Waals surface area contributed by atoms with E-state index < -0.39 is 0 Å². The maximum Gasteiger partial charge on any atom is 0.0490 e. The number of nitrogens with two attached hydrogens (primary N) is 1. The zero-order valence-corrected chi connectivity index (χ0v) is 12.3. The van der Waals surface area contributed by atoms with Gasteiger partial charge >= 0.3 is 0 Å². The van der Waals surface area contributed by atoms with Crippen molar-refractivity contribution in [1.29, 1.82) is 0 Å². The molecule has 106 valence electrons. The number of rotatable bonds is 7. The molecular weight excluding hydrogens is 266 g/mol. The maximum absolute atomic E-state index is 8.96. The molecule has 2 aromatic carbocycles. The maximum atomic E-state index is 8.96. The van der Waals surface area contributed by atoms with Crippen LogP contribution in [0.5, 0.6) is 0 Å². The molecule has 20 heavy (non-hydrogen) atoms. The van der Waals surface area contributed by atoms with Gasteiger partial charge in [-0.2, -0.15) is 11.8 Å². The third-order valence-electron chi connectivity index (χ3n) is 3.24. The minimum absolute atomic E-state index is 0.0395. The van der Waals surface area contributed by atoms with E-state index in [0.29, 0.717) is 0 Å². The Morgan fingerprint density at radius 1 is 0.900 bits per heavy atom. The summed E-state index contributed by atoms with van der Waals surface area (Å²) in [6, 6.07) is 20.5. The van der Waals surface area contributed by atoms with Crippen molar-refractivity contribution in [3.8, 4) is 0 Å². The second-order valence-corrected chi connectivity index (χ2v) is 5.97. The highest BCUT2D eigenvalue weighted by atomic mass is 32.2. The number of benzene rings is 2. The Hall–Kier alpha value is -1.29. The Morgan fingerprint density at radius 2 is 1.45 bits per heavy atom. The molecule has 2 nitrogen and oxygen atoms in total. The fraction of sp³-hybridized carbons (Fsp3) is 0.294. The summed E-state index contributed by atoms with van der Waals surface area (Å²) in [4.78, 5) is 0. The SMILES string of the molecule is NC(c1ccccc1)C(SCCCO)c1ccccc1. The molecule has 0 saturated heterocycles. The van der Waals surface area contributed by atoms with Crippen molar-refractivity contribution in [2.75, 3.05) is 12.4 Å². The number of aliphatic hydroxyl groups is 1. The second-order valence-electron chi connectivity index (χ2n) is 4.72. The molecule has 0 bridgehead atoms. The van der Waals surface area contributed by atoms with Gasteiger partial charge in [-0.25, -0.2) is 0 Å². The lowest BCUT2D eigenvalue weighted by atomic mass is 9.99. The number of hydrogen-bond acceptors (Lipinski definition) is 3. The summed E-state index contributed by atoms with van der Waals surface area (Å²) < 4.78 is 0. The summed E-state index contributed by atoms with van der Waals surface area (Å²) in [5.74, 6) is 0.913. The van der Waals surface area contributed by atoms with E-state index in [2.05, 4.69) is 24.3 Å². The van der Waals surface area contributed by atoms with E-state index in [9.17, 15) is 0 Å². The first kappa shape index (κ1) is 15.1. The van der Waals surface area contributed by atoms with Crippen molar-refractivity contribution < 1.29 is 5.11 Å². The Bertz CT molecular complexity index is 489. The lowest BCUT2D eigenvalue weighted by molar-refractivity contribution is 0.296. The van der Waals surface area contributed by atoms with Crippen LogP contribution < -0.4 is 5.73 Å². The zero-order valence-electron chi connectivity index (χ0n) is 11.5. The van der Waals surface area contributed by atoms with Gasteiger partial charge in [-0.05, 0) is 23.3 Å². The van der Waals surface area contributed by atoms with Crippen LogP contribution in [0.1, 0.15) is 28.8 Å². The van der Waals surface area contributed by atoms with E-state index >= 15 is 0 Å². The molecule has 0 fully saturated rings. The summed E-state index contributed by atoms with van der Waals surface area (Å²) in [6.45, 7) is 0.231. The summed E-state index contributed by atoms with van der Waals surface area (Å²) in [5.41, 5.74) is 8.86. The Labute approximate surface area is 125 Å². The van der Waals surface area contributed by atoms with Gasteiger partial charge in [0.2, 0.25) is 0 Å². The van der Waals surface area contributed by atoms with Gasteiger partial charge in [0, 0.05) is 17.9 Å². The van der Waals surface area contributed by atoms with Crippen molar-refractivity contribution in [2.24, 2.45) is 5.73 Å². The molecule has 3 N–H and O–H groups in total. The normalized spacial score (nSPS) is 13.9. The van der Waals surface area contributed by atoms with Crippen LogP contribution in [0, 0.1) is 0 Å². The van der Waals surface area contributed by atoms with Gasteiger partial charge in [0.05, 0.1) is 0 Å². The van der Waals surface area contributed by atoms with Gasteiger partial charge in [0.25, 0.3) is 0 Å². The monoisotopic (exact) mass is 287 g/mol. The average Bonchev–Trinajstić information content (AvgIpc) is 2.53. The Kier molecular flexibility index (Phi) is 6.12. The number of aliphatic hydroxyl groups excluding tert-OH is 1. The largest absolute Gasteiger partial charge is 0.396 e. The minimum atomic E-state index is -0.0395. The zero-order chi connectivity index (χ0) is 14.2. The molecule has 0 saturated carbocycles. The number of hydrogen-bond donors (Lipinski definition) is 2. The topological polar surface area (TPSA) is 46.2 Å². The van der Waals surface area contributed by atoms with Crippen molar-refractivity contribution in [3.05, 3.63) is 71.8 Å². The van der Waals surface area contributed by atoms with Crippen LogP contribution in [0.15, 0.2) is 60.7 Å². The van der Waals surface area contributed by atoms with E-state index in [4.69, 9.17) is 10.8 Å². The highest BCUT2D eigenvalue weighted by molar-refractivity contribution is 7.99. The first-order valence-corrected chi connectivity index (χ1v) is 7.95. The molecule has 0 heterocycles. The van der Waals surface area contributed by atoms with Gasteiger partial charge in [0.1, 0.15) is 0 Å². The van der Waals surface area contributed by atoms with E-state index in [0.717, 1.165) is 17.7 Å². The summed E-state index contributed by atoms with van der Waals surface area (Å²) in [6.07, 6.45) is 0.801. The van der Waals surface area contributed by atoms with Crippen molar-refractivity contribution in [2.45, 2.75) is 17.7 Å². The van der Waals surface area contributed by atoms with Crippen LogP contribution in [-0.4, -0.2) is 17.5 Å². The van der Waals surface area contributed by atoms with Crippen LogP contribution >= 0.6 is 11.8 Å². The molecule has 0 radical (unpaired) electrons. The van der Waals surface area contributed by atoms with Gasteiger partial charge in [-0.1, -0.05) is 60.7 Å². The van der Waals surface area contributed by atoms with Crippen LogP contribution in [0.2, 0.25) is 0 Å². The second kappa shape index (κ2) is 8.10. The first-order valence-electron chi connectivity index (χ1n) is 6.91. The Balaban J connectivity index is 2.17. The van der Waals surface area contributed by atoms with Crippen LogP contribution in [0.3, 0.4) is 0 Å². The van der Waals surface area contributed by atoms with Crippen molar-refractivity contribution in [3.63, 3.8) is 0 Å². The molecule has 0 spiro atoms. The predicted molar refractivity (Wildman–Crippen MR) is 86.7 cm³/mol. The molecule has 2 unspecified atom stereocenters. The molecule has 0 aromatic heterocycles. The summed E-state index contributed by atoms with van der Waals surface area (Å²) in [5, 5.41) is 9.17. The van der Waals surface area contributed by atoms with E-state index in [1.807, 2.05) is 48.2 Å². The van der Waals surface area contributed by atoms with Crippen LogP contribution in [-0.2, 0) is 0 Å². The van der Waals surface area contributed by atoms with Gasteiger partial charge < -0.3 is 10.8 Å². The number of thioether (sulfide) groups is 1. The molecule has 0 aliphatic carbocycles. The van der Waals surface area contributed by atoms with Crippen LogP contribution in [0.4, 0.5) is 0 Å². The molecule has 3 heteroatoms. The molecule has 0 aliphatic rings. The van der Waals surface area contributed by atoms with Crippen molar-refractivity contribution >= 4 is 11.8 Å².